The van der Waals surface area contributed by atoms with Gasteiger partial charge in [0.05, 0.1) is 0 Å². The summed E-state index contributed by atoms with van der Waals surface area (Å²) in [5.74, 6) is -1.30. The molecule has 78 valence electrons. The molecule has 0 spiro atoms. The van der Waals surface area contributed by atoms with E-state index in [9.17, 15) is 4.79 Å². The van der Waals surface area contributed by atoms with E-state index in [4.69, 9.17) is 21.2 Å². The smallest absolute Gasteiger partial charge is 0.314 e. The average molecular weight is 226 g/mol. The number of hydrogen-bond acceptors (Lipinski definition) is 3. The van der Waals surface area contributed by atoms with Crippen LogP contribution in [0.4, 0.5) is 0 Å². The molecule has 0 fully saturated rings. The summed E-state index contributed by atoms with van der Waals surface area (Å²) in [5.41, 5.74) is 0.575. The maximum Gasteiger partial charge on any atom is 0.314 e. The molecule has 0 aliphatic heterocycles. The minimum absolute atomic E-state index is 0.356. The molecule has 0 bridgehead atoms. The van der Waals surface area contributed by atoms with Crippen LogP contribution in [-0.4, -0.2) is 16.2 Å². The van der Waals surface area contributed by atoms with Crippen molar-refractivity contribution in [3.8, 4) is 0 Å². The lowest BCUT2D eigenvalue weighted by Gasteiger charge is -2.00. The monoisotopic (exact) mass is 225 g/mol. The number of carboxylic acid groups (broad SMARTS) is 1. The van der Waals surface area contributed by atoms with E-state index in [-0.39, 0.29) is 0 Å². The summed E-state index contributed by atoms with van der Waals surface area (Å²) in [6, 6.07) is 5.03. The summed E-state index contributed by atoms with van der Waals surface area (Å²) >= 11 is 5.77. The van der Waals surface area contributed by atoms with Crippen molar-refractivity contribution in [2.45, 2.75) is 12.8 Å². The molecule has 4 nitrogen and oxygen atoms in total. The summed E-state index contributed by atoms with van der Waals surface area (Å²) in [4.78, 5) is 10.8. The molecule has 0 saturated carbocycles. The third-order valence-electron chi connectivity index (χ3n) is 2.23. The summed E-state index contributed by atoms with van der Waals surface area (Å²) in [6.45, 7) is 1.55. The largest absolute Gasteiger partial charge is 0.481 e. The van der Waals surface area contributed by atoms with E-state index in [2.05, 4.69) is 5.16 Å². The number of hydrogen-bond donors (Lipinski definition) is 1. The molecule has 0 aliphatic rings. The van der Waals surface area contributed by atoms with Crippen LogP contribution in [0.3, 0.4) is 0 Å². The van der Waals surface area contributed by atoms with Crippen molar-refractivity contribution in [3.63, 3.8) is 0 Å². The second kappa shape index (κ2) is 3.55. The van der Waals surface area contributed by atoms with Gasteiger partial charge in [0.25, 0.3) is 0 Å². The van der Waals surface area contributed by atoms with Gasteiger partial charge in [0.1, 0.15) is 11.4 Å². The highest BCUT2D eigenvalue weighted by Gasteiger charge is 2.21. The number of carboxylic acids is 1. The minimum atomic E-state index is -0.942. The van der Waals surface area contributed by atoms with Gasteiger partial charge < -0.3 is 9.63 Å². The topological polar surface area (TPSA) is 63.3 Å². The highest BCUT2D eigenvalue weighted by molar-refractivity contribution is 6.31. The molecule has 0 saturated heterocycles. The second-order valence-corrected chi connectivity index (χ2v) is 3.70. The van der Waals surface area contributed by atoms with Crippen LogP contribution in [0, 0.1) is 0 Å². The zero-order valence-electron chi connectivity index (χ0n) is 7.90. The predicted molar refractivity (Wildman–Crippen MR) is 55.1 cm³/mol. The number of fused-ring (bicyclic) bond motifs is 1. The zero-order valence-corrected chi connectivity index (χ0v) is 8.65. The quantitative estimate of drug-likeness (QED) is 0.854. The van der Waals surface area contributed by atoms with Crippen LogP contribution >= 0.6 is 11.6 Å². The molecule has 2 aromatic rings. The Hall–Kier alpha value is -1.55. The Morgan fingerprint density at radius 3 is 3.00 bits per heavy atom. The maximum atomic E-state index is 10.8. The van der Waals surface area contributed by atoms with Gasteiger partial charge in [-0.1, -0.05) is 16.8 Å². The van der Waals surface area contributed by atoms with Gasteiger partial charge in [-0.15, -0.1) is 0 Å². The number of nitrogens with zero attached hydrogens (tertiary/aromatic N) is 1. The van der Waals surface area contributed by atoms with Gasteiger partial charge in [-0.05, 0) is 25.1 Å². The SMILES string of the molecule is CC(C(=O)O)c1onc2cc(Cl)ccc12. The van der Waals surface area contributed by atoms with Gasteiger partial charge >= 0.3 is 5.97 Å². The first-order valence-electron chi connectivity index (χ1n) is 4.37. The minimum Gasteiger partial charge on any atom is -0.481 e. The standard InChI is InChI=1S/C10H8ClNO3/c1-5(10(13)14)9-7-3-2-6(11)4-8(7)12-15-9/h2-5H,1H3,(H,13,14). The lowest BCUT2D eigenvalue weighted by atomic mass is 10.1. The van der Waals surface area contributed by atoms with Crippen molar-refractivity contribution < 1.29 is 14.4 Å². The number of rotatable bonds is 2. The molecular formula is C10H8ClNO3. The Morgan fingerprint density at radius 1 is 1.60 bits per heavy atom. The molecule has 1 aromatic carbocycles. The van der Waals surface area contributed by atoms with Crippen LogP contribution in [0.2, 0.25) is 5.02 Å². The van der Waals surface area contributed by atoms with Crippen molar-refractivity contribution in [2.75, 3.05) is 0 Å². The molecule has 2 rings (SSSR count). The van der Waals surface area contributed by atoms with E-state index >= 15 is 0 Å². The first kappa shape index (κ1) is 9.98. The third kappa shape index (κ3) is 1.68. The maximum absolute atomic E-state index is 10.8. The summed E-state index contributed by atoms with van der Waals surface area (Å²) < 4.78 is 5.00. The third-order valence-corrected chi connectivity index (χ3v) is 2.47. The molecule has 1 atom stereocenters. The normalized spacial score (nSPS) is 12.9. The number of carbonyl (C=O) groups is 1. The Balaban J connectivity index is 2.59. The van der Waals surface area contributed by atoms with Crippen LogP contribution in [0.1, 0.15) is 18.6 Å². The molecule has 1 heterocycles. The van der Waals surface area contributed by atoms with Gasteiger partial charge in [-0.2, -0.15) is 0 Å². The highest BCUT2D eigenvalue weighted by Crippen LogP contribution is 2.27. The Bertz CT molecular complexity index is 520. The summed E-state index contributed by atoms with van der Waals surface area (Å²) in [7, 11) is 0. The molecule has 15 heavy (non-hydrogen) atoms. The molecule has 5 heteroatoms. The number of benzene rings is 1. The van der Waals surface area contributed by atoms with Crippen molar-refractivity contribution in [1.82, 2.24) is 5.16 Å². The van der Waals surface area contributed by atoms with E-state index in [1.807, 2.05) is 0 Å². The van der Waals surface area contributed by atoms with Gasteiger partial charge in [-0.25, -0.2) is 0 Å². The zero-order chi connectivity index (χ0) is 11.0. The number of halogens is 1. The first-order valence-corrected chi connectivity index (χ1v) is 4.75. The molecular weight excluding hydrogens is 218 g/mol. The van der Waals surface area contributed by atoms with E-state index in [1.165, 1.54) is 0 Å². The highest BCUT2D eigenvalue weighted by atomic mass is 35.5. The van der Waals surface area contributed by atoms with Crippen molar-refractivity contribution in [1.29, 1.82) is 0 Å². The van der Waals surface area contributed by atoms with E-state index < -0.39 is 11.9 Å². The molecule has 1 unspecified atom stereocenters. The predicted octanol–water partition coefficient (Wildman–Crippen LogP) is 2.67. The summed E-state index contributed by atoms with van der Waals surface area (Å²) in [6.07, 6.45) is 0. The number of aliphatic carboxylic acids is 1. The molecule has 1 N–H and O–H groups in total. The van der Waals surface area contributed by atoms with Gasteiger partial charge in [-0.3, -0.25) is 4.79 Å². The van der Waals surface area contributed by atoms with E-state index in [0.717, 1.165) is 0 Å². The average Bonchev–Trinajstić information content (AvgIpc) is 2.59. The van der Waals surface area contributed by atoms with Crippen molar-refractivity contribution in [3.05, 3.63) is 29.0 Å². The van der Waals surface area contributed by atoms with E-state index in [0.29, 0.717) is 21.7 Å². The van der Waals surface area contributed by atoms with Crippen LogP contribution in [0.25, 0.3) is 10.9 Å². The van der Waals surface area contributed by atoms with Gasteiger partial charge in [0.15, 0.2) is 5.76 Å². The Labute approximate surface area is 90.4 Å². The fourth-order valence-corrected chi connectivity index (χ4v) is 1.53. The molecule has 0 amide bonds. The van der Waals surface area contributed by atoms with Crippen LogP contribution < -0.4 is 0 Å². The fourth-order valence-electron chi connectivity index (χ4n) is 1.36. The Morgan fingerprint density at radius 2 is 2.33 bits per heavy atom. The lowest BCUT2D eigenvalue weighted by Crippen LogP contribution is -2.06. The first-order chi connectivity index (χ1) is 7.09. The van der Waals surface area contributed by atoms with Crippen molar-refractivity contribution >= 4 is 28.5 Å². The van der Waals surface area contributed by atoms with Crippen LogP contribution in [0.5, 0.6) is 0 Å². The van der Waals surface area contributed by atoms with Crippen LogP contribution in [0.15, 0.2) is 22.7 Å². The van der Waals surface area contributed by atoms with Crippen LogP contribution in [-0.2, 0) is 4.79 Å². The van der Waals surface area contributed by atoms with Crippen molar-refractivity contribution in [2.24, 2.45) is 0 Å². The molecule has 1 aromatic heterocycles. The number of aromatic nitrogens is 1. The lowest BCUT2D eigenvalue weighted by molar-refractivity contribution is -0.138. The van der Waals surface area contributed by atoms with Gasteiger partial charge in [0.2, 0.25) is 0 Å². The Kier molecular flexibility index (Phi) is 2.36. The molecule has 0 aliphatic carbocycles. The summed E-state index contributed by atoms with van der Waals surface area (Å²) in [5, 5.41) is 13.8. The fraction of sp³-hybridized carbons (Fsp3) is 0.200. The second-order valence-electron chi connectivity index (χ2n) is 3.27. The van der Waals surface area contributed by atoms with E-state index in [1.54, 1.807) is 25.1 Å². The van der Waals surface area contributed by atoms with Gasteiger partial charge in [0, 0.05) is 10.4 Å². The molecule has 0 radical (unpaired) electrons.